The normalized spacial score (nSPS) is 10.5. The van der Waals surface area contributed by atoms with Gasteiger partial charge in [0.05, 0.1) is 6.54 Å². The minimum Gasteiger partial charge on any atom is -0.358 e. The highest BCUT2D eigenvalue weighted by Crippen LogP contribution is 2.09. The second-order valence-electron chi connectivity index (χ2n) is 3.46. The van der Waals surface area contributed by atoms with Crippen LogP contribution in [-0.2, 0) is 11.3 Å². The van der Waals surface area contributed by atoms with Crippen LogP contribution in [0.5, 0.6) is 0 Å². The van der Waals surface area contributed by atoms with Crippen LogP contribution in [-0.4, -0.2) is 35.9 Å². The third-order valence-electron chi connectivity index (χ3n) is 2.29. The lowest BCUT2D eigenvalue weighted by Crippen LogP contribution is -2.35. The van der Waals surface area contributed by atoms with Crippen molar-refractivity contribution < 1.29 is 4.79 Å². The molecule has 0 spiro atoms. The Morgan fingerprint density at radius 3 is 2.94 bits per heavy atom. The smallest absolute Gasteiger partial charge is 0.233 e. The first-order valence-electron chi connectivity index (χ1n) is 5.19. The van der Waals surface area contributed by atoms with E-state index in [1.807, 2.05) is 24.0 Å². The van der Waals surface area contributed by atoms with Crippen molar-refractivity contribution in [3.05, 3.63) is 29.0 Å². The first kappa shape index (κ1) is 12.9. The minimum absolute atomic E-state index is 0.0157. The second kappa shape index (κ2) is 6.45. The van der Waals surface area contributed by atoms with Crippen molar-refractivity contribution in [1.82, 2.24) is 15.2 Å². The number of hydrogen-bond donors (Lipinski definition) is 1. The van der Waals surface area contributed by atoms with Crippen molar-refractivity contribution >= 4 is 17.5 Å². The molecule has 4 nitrogen and oxygen atoms in total. The van der Waals surface area contributed by atoms with E-state index in [2.05, 4.69) is 10.3 Å². The highest BCUT2D eigenvalue weighted by atomic mass is 35.5. The van der Waals surface area contributed by atoms with Gasteiger partial charge in [0, 0.05) is 19.8 Å². The van der Waals surface area contributed by atoms with Crippen LogP contribution in [0.1, 0.15) is 12.5 Å². The molecule has 0 radical (unpaired) electrons. The van der Waals surface area contributed by atoms with Gasteiger partial charge in [-0.15, -0.1) is 0 Å². The summed E-state index contributed by atoms with van der Waals surface area (Å²) in [5.41, 5.74) is 1.06. The van der Waals surface area contributed by atoms with E-state index in [4.69, 9.17) is 11.6 Å². The van der Waals surface area contributed by atoms with Crippen molar-refractivity contribution in [1.29, 1.82) is 0 Å². The number of likely N-dealkylation sites (N-methyl/N-ethyl adjacent to an activating group) is 2. The number of hydrogen-bond acceptors (Lipinski definition) is 3. The molecule has 1 heterocycles. The Kier molecular flexibility index (Phi) is 5.22. The summed E-state index contributed by atoms with van der Waals surface area (Å²) >= 11 is 5.80. The van der Waals surface area contributed by atoms with E-state index in [0.29, 0.717) is 18.2 Å². The zero-order valence-electron chi connectivity index (χ0n) is 9.53. The lowest BCUT2D eigenvalue weighted by atomic mass is 10.2. The molecule has 0 saturated heterocycles. The van der Waals surface area contributed by atoms with Crippen LogP contribution in [0.15, 0.2) is 18.3 Å². The predicted molar refractivity (Wildman–Crippen MR) is 64.3 cm³/mol. The zero-order valence-corrected chi connectivity index (χ0v) is 10.3. The van der Waals surface area contributed by atoms with Gasteiger partial charge in [-0.25, -0.2) is 4.98 Å². The Morgan fingerprint density at radius 1 is 1.62 bits per heavy atom. The van der Waals surface area contributed by atoms with Crippen molar-refractivity contribution in [3.63, 3.8) is 0 Å². The van der Waals surface area contributed by atoms with Crippen LogP contribution in [0.2, 0.25) is 5.15 Å². The Hall–Kier alpha value is -1.13. The molecule has 0 unspecified atom stereocenters. The van der Waals surface area contributed by atoms with Crippen LogP contribution in [0, 0.1) is 0 Å². The number of carbonyl (C=O) groups excluding carboxylic acids is 1. The van der Waals surface area contributed by atoms with Crippen LogP contribution in [0.25, 0.3) is 0 Å². The molecule has 1 amide bonds. The summed E-state index contributed by atoms with van der Waals surface area (Å²) in [5, 5.41) is 3.09. The number of nitrogens with one attached hydrogen (secondary N) is 1. The Balaban J connectivity index is 2.59. The fourth-order valence-corrected chi connectivity index (χ4v) is 1.56. The number of aromatic nitrogens is 1. The van der Waals surface area contributed by atoms with Crippen LogP contribution in [0.3, 0.4) is 0 Å². The van der Waals surface area contributed by atoms with E-state index in [0.717, 1.165) is 12.1 Å². The van der Waals surface area contributed by atoms with Gasteiger partial charge in [-0.1, -0.05) is 18.5 Å². The fourth-order valence-electron chi connectivity index (χ4n) is 1.36. The average molecular weight is 242 g/mol. The quantitative estimate of drug-likeness (QED) is 0.791. The summed E-state index contributed by atoms with van der Waals surface area (Å²) in [6, 6.07) is 3.71. The van der Waals surface area contributed by atoms with E-state index in [-0.39, 0.29) is 5.91 Å². The van der Waals surface area contributed by atoms with Crippen molar-refractivity contribution in [2.75, 3.05) is 20.1 Å². The van der Waals surface area contributed by atoms with Gasteiger partial charge in [-0.3, -0.25) is 9.69 Å². The zero-order chi connectivity index (χ0) is 12.0. The number of amides is 1. The third kappa shape index (κ3) is 4.16. The molecule has 1 N–H and O–H groups in total. The van der Waals surface area contributed by atoms with Gasteiger partial charge in [-0.2, -0.15) is 0 Å². The van der Waals surface area contributed by atoms with Gasteiger partial charge in [0.2, 0.25) is 5.91 Å². The summed E-state index contributed by atoms with van der Waals surface area (Å²) in [7, 11) is 1.64. The van der Waals surface area contributed by atoms with Gasteiger partial charge in [0.25, 0.3) is 0 Å². The number of pyridine rings is 1. The molecule has 0 aliphatic heterocycles. The topological polar surface area (TPSA) is 45.2 Å². The predicted octanol–water partition coefficient (Wildman–Crippen LogP) is 1.30. The summed E-state index contributed by atoms with van der Waals surface area (Å²) < 4.78 is 0. The number of nitrogens with zero attached hydrogens (tertiary/aromatic N) is 2. The molecule has 0 aliphatic rings. The van der Waals surface area contributed by atoms with Gasteiger partial charge < -0.3 is 5.32 Å². The molecular weight excluding hydrogens is 226 g/mol. The molecule has 0 atom stereocenters. The molecule has 5 heteroatoms. The number of carbonyl (C=O) groups is 1. The van der Waals surface area contributed by atoms with Gasteiger partial charge in [-0.05, 0) is 24.2 Å². The maximum Gasteiger partial charge on any atom is 0.233 e. The number of rotatable bonds is 5. The first-order valence-corrected chi connectivity index (χ1v) is 5.57. The Labute approximate surface area is 101 Å². The molecule has 0 saturated carbocycles. The van der Waals surface area contributed by atoms with Crippen LogP contribution < -0.4 is 5.32 Å². The standard InChI is InChI=1S/C11H16ClN3O/c1-3-15(8-11(16)13-2)7-9-4-5-14-10(12)6-9/h4-6H,3,7-8H2,1-2H3,(H,13,16). The van der Waals surface area contributed by atoms with Gasteiger partial charge in [0.15, 0.2) is 0 Å². The Bertz CT molecular complexity index is 357. The van der Waals surface area contributed by atoms with E-state index in [9.17, 15) is 4.79 Å². The summed E-state index contributed by atoms with van der Waals surface area (Å²) in [6.45, 7) is 3.93. The average Bonchev–Trinajstić information content (AvgIpc) is 2.28. The minimum atomic E-state index is 0.0157. The van der Waals surface area contributed by atoms with E-state index >= 15 is 0 Å². The maximum atomic E-state index is 11.2. The van der Waals surface area contributed by atoms with Gasteiger partial charge >= 0.3 is 0 Å². The van der Waals surface area contributed by atoms with Crippen LogP contribution in [0.4, 0.5) is 0 Å². The van der Waals surface area contributed by atoms with Crippen LogP contribution >= 0.6 is 11.6 Å². The molecular formula is C11H16ClN3O. The highest BCUT2D eigenvalue weighted by molar-refractivity contribution is 6.29. The Morgan fingerprint density at radius 2 is 2.38 bits per heavy atom. The molecule has 16 heavy (non-hydrogen) atoms. The SMILES string of the molecule is CCN(CC(=O)NC)Cc1ccnc(Cl)c1. The van der Waals surface area contributed by atoms with Crippen molar-refractivity contribution in [3.8, 4) is 0 Å². The molecule has 1 aromatic rings. The molecule has 0 fully saturated rings. The largest absolute Gasteiger partial charge is 0.358 e. The fraction of sp³-hybridized carbons (Fsp3) is 0.455. The number of halogens is 1. The summed E-state index contributed by atoms with van der Waals surface area (Å²) in [4.78, 5) is 17.2. The highest BCUT2D eigenvalue weighted by Gasteiger charge is 2.08. The molecule has 1 rings (SSSR count). The summed E-state index contributed by atoms with van der Waals surface area (Å²) in [6.07, 6.45) is 1.67. The summed E-state index contributed by atoms with van der Waals surface area (Å²) in [5.74, 6) is 0.0157. The molecule has 1 aromatic heterocycles. The first-order chi connectivity index (χ1) is 7.65. The molecule has 0 aliphatic carbocycles. The third-order valence-corrected chi connectivity index (χ3v) is 2.50. The maximum absolute atomic E-state index is 11.2. The van der Waals surface area contributed by atoms with E-state index in [1.54, 1.807) is 13.2 Å². The van der Waals surface area contributed by atoms with Crippen molar-refractivity contribution in [2.45, 2.75) is 13.5 Å². The van der Waals surface area contributed by atoms with Crippen molar-refractivity contribution in [2.24, 2.45) is 0 Å². The molecule has 0 bridgehead atoms. The van der Waals surface area contributed by atoms with E-state index < -0.39 is 0 Å². The monoisotopic (exact) mass is 241 g/mol. The molecule has 88 valence electrons. The molecule has 0 aromatic carbocycles. The second-order valence-corrected chi connectivity index (χ2v) is 3.85. The van der Waals surface area contributed by atoms with E-state index in [1.165, 1.54) is 0 Å². The lowest BCUT2D eigenvalue weighted by molar-refractivity contribution is -0.121. The van der Waals surface area contributed by atoms with Gasteiger partial charge in [0.1, 0.15) is 5.15 Å². The lowest BCUT2D eigenvalue weighted by Gasteiger charge is -2.19.